The second-order valence-corrected chi connectivity index (χ2v) is 12.0. The summed E-state index contributed by atoms with van der Waals surface area (Å²) in [5.41, 5.74) is -4.79. The summed E-state index contributed by atoms with van der Waals surface area (Å²) in [5, 5.41) is 10.6. The van der Waals surface area contributed by atoms with Crippen LogP contribution in [0.4, 0.5) is 23.1 Å². The number of amides is 3. The molecule has 0 spiro atoms. The van der Waals surface area contributed by atoms with E-state index in [0.717, 1.165) is 11.3 Å². The number of ether oxygens (including phenoxy) is 2. The van der Waals surface area contributed by atoms with E-state index in [9.17, 15) is 32.3 Å². The van der Waals surface area contributed by atoms with E-state index in [1.54, 1.807) is 0 Å². The van der Waals surface area contributed by atoms with Crippen molar-refractivity contribution >= 4 is 56.2 Å². The molecule has 0 bridgehead atoms. The number of β-lactam (4-membered cyclic amide) rings is 1. The number of alkyl halides is 3. The maximum atomic E-state index is 13.3. The van der Waals surface area contributed by atoms with Crippen molar-refractivity contribution in [3.63, 3.8) is 0 Å². The van der Waals surface area contributed by atoms with E-state index in [4.69, 9.17) is 27.3 Å². The van der Waals surface area contributed by atoms with Crippen LogP contribution in [0.5, 0.6) is 0 Å². The van der Waals surface area contributed by atoms with Gasteiger partial charge in [-0.2, -0.15) is 21.6 Å². The number of carbonyl (C=O) groups is 4. The number of nitrogens with zero attached hydrogens (tertiary/aromatic N) is 5. The quantitative estimate of drug-likeness (QED) is 0.0566. The molecule has 3 aliphatic rings. The summed E-state index contributed by atoms with van der Waals surface area (Å²) >= 11 is 1.04. The zero-order valence-corrected chi connectivity index (χ0v) is 26.9. The lowest BCUT2D eigenvalue weighted by molar-refractivity contribution is -0.157. The van der Waals surface area contributed by atoms with Crippen LogP contribution in [0.25, 0.3) is 0 Å². The molecule has 1 aromatic heterocycles. The normalized spacial score (nSPS) is 19.0. The van der Waals surface area contributed by atoms with Crippen molar-refractivity contribution in [3.8, 4) is 0 Å². The van der Waals surface area contributed by atoms with Crippen LogP contribution in [0.1, 0.15) is 18.5 Å². The van der Waals surface area contributed by atoms with Gasteiger partial charge in [0, 0.05) is 24.8 Å². The van der Waals surface area contributed by atoms with Gasteiger partial charge >= 0.3 is 27.7 Å². The number of oxime groups is 1. The van der Waals surface area contributed by atoms with Crippen molar-refractivity contribution in [1.29, 1.82) is 0 Å². The van der Waals surface area contributed by atoms with E-state index in [-0.39, 0.29) is 35.4 Å². The van der Waals surface area contributed by atoms with Crippen LogP contribution in [0, 0.1) is 0 Å². The third kappa shape index (κ3) is 8.89. The van der Waals surface area contributed by atoms with E-state index < -0.39 is 51.6 Å². The molecule has 22 heteroatoms. The SMILES string of the molecule is C=CCOC(=O)Nc1nc(/C(=N/OC)C(=O)N[C@H]2C(=O)N3C(C(=O)OCC=C)=C(N4C=CN(C)C4)CCC23)cs1.O=S(=O)(O)C(F)(F)F. The van der Waals surface area contributed by atoms with Gasteiger partial charge in [-0.05, 0) is 12.8 Å². The van der Waals surface area contributed by atoms with Gasteiger partial charge in [0.2, 0.25) is 0 Å². The number of allylic oxidation sites excluding steroid dienone is 1. The molecule has 17 nitrogen and oxygen atoms in total. The van der Waals surface area contributed by atoms with E-state index >= 15 is 0 Å². The lowest BCUT2D eigenvalue weighted by atomic mass is 9.85. The third-order valence-corrected chi connectivity index (χ3v) is 7.77. The average molecular weight is 722 g/mol. The number of nitrogens with one attached hydrogen (secondary N) is 2. The first-order chi connectivity index (χ1) is 22.5. The molecule has 3 N–H and O–H groups in total. The third-order valence-electron chi connectivity index (χ3n) is 6.42. The lowest BCUT2D eigenvalue weighted by Gasteiger charge is -2.51. The van der Waals surface area contributed by atoms with E-state index in [0.29, 0.717) is 25.2 Å². The number of aromatic nitrogens is 1. The molecule has 0 aromatic carbocycles. The number of hydrogen-bond donors (Lipinski definition) is 3. The van der Waals surface area contributed by atoms with Crippen molar-refractivity contribution in [2.45, 2.75) is 30.4 Å². The van der Waals surface area contributed by atoms with Crippen LogP contribution in [-0.4, -0.2) is 114 Å². The van der Waals surface area contributed by atoms with Crippen LogP contribution in [-0.2, 0) is 38.8 Å². The monoisotopic (exact) mass is 721 g/mol. The Balaban J connectivity index is 0.000000694. The molecular formula is C26H30F3N7O10S2. The molecule has 3 aliphatic heterocycles. The highest BCUT2D eigenvalue weighted by Crippen LogP contribution is 2.39. The van der Waals surface area contributed by atoms with E-state index in [2.05, 4.69) is 33.9 Å². The maximum absolute atomic E-state index is 13.3. The van der Waals surface area contributed by atoms with Gasteiger partial charge in [0.1, 0.15) is 37.8 Å². The largest absolute Gasteiger partial charge is 0.522 e. The van der Waals surface area contributed by atoms with Crippen LogP contribution in [0.15, 0.2) is 59.6 Å². The summed E-state index contributed by atoms with van der Waals surface area (Å²) in [4.78, 5) is 65.6. The summed E-state index contributed by atoms with van der Waals surface area (Å²) in [6.45, 7) is 7.57. The molecular weight excluding hydrogens is 691 g/mol. The van der Waals surface area contributed by atoms with Crippen molar-refractivity contribution in [2.24, 2.45) is 5.16 Å². The number of hydrogen-bond acceptors (Lipinski definition) is 14. The number of anilines is 1. The predicted octanol–water partition coefficient (Wildman–Crippen LogP) is 1.73. The Bertz CT molecular complexity index is 1640. The fourth-order valence-corrected chi connectivity index (χ4v) is 5.10. The molecule has 1 saturated heterocycles. The van der Waals surface area contributed by atoms with Gasteiger partial charge in [0.15, 0.2) is 10.8 Å². The summed E-state index contributed by atoms with van der Waals surface area (Å²) in [7, 11) is -2.68. The molecule has 262 valence electrons. The van der Waals surface area contributed by atoms with Crippen molar-refractivity contribution < 1.29 is 59.6 Å². The predicted molar refractivity (Wildman–Crippen MR) is 162 cm³/mol. The second kappa shape index (κ2) is 15.8. The Morgan fingerprint density at radius 1 is 1.21 bits per heavy atom. The Morgan fingerprint density at radius 3 is 2.42 bits per heavy atom. The Hall–Kier alpha value is -4.96. The van der Waals surface area contributed by atoms with Crippen LogP contribution < -0.4 is 10.6 Å². The Labute approximate surface area is 275 Å². The Morgan fingerprint density at radius 2 is 1.85 bits per heavy atom. The molecule has 0 aliphatic carbocycles. The minimum Gasteiger partial charge on any atom is -0.457 e. The van der Waals surface area contributed by atoms with Crippen molar-refractivity contribution in [2.75, 3.05) is 39.4 Å². The molecule has 1 fully saturated rings. The molecule has 4 rings (SSSR count). The molecule has 0 saturated carbocycles. The molecule has 2 atom stereocenters. The van der Waals surface area contributed by atoms with Gasteiger partial charge < -0.3 is 29.4 Å². The smallest absolute Gasteiger partial charge is 0.457 e. The highest BCUT2D eigenvalue weighted by molar-refractivity contribution is 7.86. The summed E-state index contributed by atoms with van der Waals surface area (Å²) < 4.78 is 67.7. The van der Waals surface area contributed by atoms with Gasteiger partial charge in [-0.3, -0.25) is 24.4 Å². The number of rotatable bonds is 11. The highest BCUT2D eigenvalue weighted by Gasteiger charge is 2.54. The van der Waals surface area contributed by atoms with Gasteiger partial charge in [0.25, 0.3) is 11.8 Å². The zero-order chi connectivity index (χ0) is 35.8. The minimum atomic E-state index is -5.84. The second-order valence-electron chi connectivity index (χ2n) is 9.71. The molecule has 4 heterocycles. The van der Waals surface area contributed by atoms with E-state index in [1.807, 2.05) is 29.2 Å². The minimum absolute atomic E-state index is 0.00841. The van der Waals surface area contributed by atoms with Crippen molar-refractivity contribution in [1.82, 2.24) is 25.0 Å². The first-order valence-electron chi connectivity index (χ1n) is 13.5. The number of carbonyl (C=O) groups excluding carboxylic acids is 4. The molecule has 1 aromatic rings. The number of esters is 1. The first kappa shape index (κ1) is 37.5. The summed E-state index contributed by atoms with van der Waals surface area (Å²) in [6, 6.07) is -1.37. The van der Waals surface area contributed by atoms with Gasteiger partial charge in [-0.1, -0.05) is 30.5 Å². The van der Waals surface area contributed by atoms with Gasteiger partial charge in [-0.25, -0.2) is 14.6 Å². The van der Waals surface area contributed by atoms with Gasteiger partial charge in [-0.15, -0.1) is 11.3 Å². The molecule has 3 amide bonds. The highest BCUT2D eigenvalue weighted by atomic mass is 32.2. The Kier molecular flexibility index (Phi) is 12.3. The lowest BCUT2D eigenvalue weighted by Crippen LogP contribution is -2.72. The number of thiazole rings is 1. The topological polar surface area (TPSA) is 209 Å². The molecule has 1 unspecified atom stereocenters. The zero-order valence-electron chi connectivity index (χ0n) is 25.3. The average Bonchev–Trinajstić information content (AvgIpc) is 3.67. The number of halogens is 3. The van der Waals surface area contributed by atoms with Crippen LogP contribution in [0.2, 0.25) is 0 Å². The first-order valence-corrected chi connectivity index (χ1v) is 15.8. The maximum Gasteiger partial charge on any atom is 0.522 e. The fraction of sp³-hybridized carbons (Fsp3) is 0.385. The van der Waals surface area contributed by atoms with Gasteiger partial charge in [0.05, 0.1) is 18.4 Å². The fourth-order valence-electron chi connectivity index (χ4n) is 4.42. The van der Waals surface area contributed by atoms with Crippen LogP contribution in [0.3, 0.4) is 0 Å². The molecule has 0 radical (unpaired) electrons. The number of fused-ring (bicyclic) bond motifs is 1. The standard InChI is InChI=1S/C25H29N7O7S.CHF3O3S/c1-5-11-38-23(35)20-17(31-10-9-30(3)14-31)8-7-16-19(22(34)32(16)20)27-21(33)18(29-37-4)15-13-40-24(26-15)28-25(36)39-12-6-2;2-1(3,4)8(5,6)7/h5-6,9-10,13,16,19H,1-2,7-8,11-12,14H2,3-4H3,(H,27,33)(H,26,28,36);(H,5,6,7)/b29-18-;/t16?,19-;/m1./s1. The summed E-state index contributed by atoms with van der Waals surface area (Å²) in [6.07, 6.45) is 6.83. The van der Waals surface area contributed by atoms with Crippen LogP contribution >= 0.6 is 11.3 Å². The van der Waals surface area contributed by atoms with E-state index in [1.165, 1.54) is 29.5 Å². The summed E-state index contributed by atoms with van der Waals surface area (Å²) in [5.74, 6) is -1.81. The molecule has 48 heavy (non-hydrogen) atoms. The van der Waals surface area contributed by atoms with Crippen molar-refractivity contribution in [3.05, 3.63) is 60.2 Å².